The summed E-state index contributed by atoms with van der Waals surface area (Å²) in [5.74, 6) is 0.552. The van der Waals surface area contributed by atoms with Crippen molar-refractivity contribution in [1.82, 2.24) is 5.32 Å². The van der Waals surface area contributed by atoms with E-state index in [0.29, 0.717) is 13.2 Å². The summed E-state index contributed by atoms with van der Waals surface area (Å²) >= 11 is 0. The molecular weight excluding hydrogens is 317 g/mol. The molecule has 1 aliphatic rings. The van der Waals surface area contributed by atoms with Gasteiger partial charge < -0.3 is 10.1 Å². The van der Waals surface area contributed by atoms with Crippen molar-refractivity contribution in [2.45, 2.75) is 38.0 Å². The van der Waals surface area contributed by atoms with E-state index in [4.69, 9.17) is 4.74 Å². The average molecular weight is 341 g/mol. The van der Waals surface area contributed by atoms with Gasteiger partial charge >= 0.3 is 0 Å². The first kappa shape index (κ1) is 17.5. The molecule has 3 rings (SSSR count). The molecule has 0 atom stereocenters. The first-order valence-corrected chi connectivity index (χ1v) is 8.84. The summed E-state index contributed by atoms with van der Waals surface area (Å²) in [4.78, 5) is 12.9. The van der Waals surface area contributed by atoms with Gasteiger partial charge in [0.1, 0.15) is 18.2 Å². The van der Waals surface area contributed by atoms with E-state index >= 15 is 0 Å². The first-order chi connectivity index (χ1) is 12.1. The molecule has 1 saturated carbocycles. The molecule has 1 aliphatic carbocycles. The Morgan fingerprint density at radius 2 is 1.88 bits per heavy atom. The number of halogens is 1. The lowest BCUT2D eigenvalue weighted by Gasteiger charge is -2.28. The smallest absolute Gasteiger partial charge is 0.230 e. The molecule has 3 nitrogen and oxygen atoms in total. The van der Waals surface area contributed by atoms with Gasteiger partial charge in [0.2, 0.25) is 5.91 Å². The summed E-state index contributed by atoms with van der Waals surface area (Å²) in [6.07, 6.45) is 3.65. The number of hydrogen-bond acceptors (Lipinski definition) is 2. The molecule has 132 valence electrons. The van der Waals surface area contributed by atoms with E-state index in [0.717, 1.165) is 42.6 Å². The third kappa shape index (κ3) is 4.01. The number of rotatable bonds is 6. The van der Waals surface area contributed by atoms with Crippen molar-refractivity contribution in [1.29, 1.82) is 0 Å². The van der Waals surface area contributed by atoms with Gasteiger partial charge in [0.05, 0.1) is 12.0 Å². The molecular formula is C21H24FNO2. The highest BCUT2D eigenvalue weighted by atomic mass is 19.1. The maximum Gasteiger partial charge on any atom is 0.230 e. The Morgan fingerprint density at radius 3 is 2.56 bits per heavy atom. The van der Waals surface area contributed by atoms with Crippen LogP contribution in [0.1, 0.15) is 36.8 Å². The fraction of sp³-hybridized carbons (Fsp3) is 0.381. The molecule has 0 spiro atoms. The molecule has 2 aromatic carbocycles. The quantitative estimate of drug-likeness (QED) is 0.802. The first-order valence-electron chi connectivity index (χ1n) is 8.84. The van der Waals surface area contributed by atoms with Crippen molar-refractivity contribution < 1.29 is 13.9 Å². The van der Waals surface area contributed by atoms with Gasteiger partial charge in [-0.25, -0.2) is 4.39 Å². The van der Waals surface area contributed by atoms with Crippen LogP contribution in [-0.2, 0) is 10.2 Å². The van der Waals surface area contributed by atoms with Crippen LogP contribution in [0.25, 0.3) is 0 Å². The standard InChI is InChI=1S/C21H24FNO2/c1-16-5-4-6-19(15-16)25-14-13-23-20(24)21(11-2-3-12-21)17-7-9-18(22)10-8-17/h4-10,15H,2-3,11-14H2,1H3,(H,23,24). The molecule has 1 amide bonds. The summed E-state index contributed by atoms with van der Waals surface area (Å²) in [6, 6.07) is 14.2. The zero-order valence-electron chi connectivity index (χ0n) is 14.6. The lowest BCUT2D eigenvalue weighted by atomic mass is 9.78. The third-order valence-corrected chi connectivity index (χ3v) is 4.93. The van der Waals surface area contributed by atoms with Crippen molar-refractivity contribution in [2.24, 2.45) is 0 Å². The SMILES string of the molecule is Cc1cccc(OCCNC(=O)C2(c3ccc(F)cc3)CCCC2)c1. The van der Waals surface area contributed by atoms with Crippen molar-refractivity contribution in [3.8, 4) is 5.75 Å². The fourth-order valence-electron chi connectivity index (χ4n) is 3.60. The molecule has 0 bridgehead atoms. The van der Waals surface area contributed by atoms with Crippen LogP contribution in [0.2, 0.25) is 0 Å². The van der Waals surface area contributed by atoms with E-state index in [1.807, 2.05) is 31.2 Å². The van der Waals surface area contributed by atoms with Crippen molar-refractivity contribution in [3.63, 3.8) is 0 Å². The molecule has 0 saturated heterocycles. The molecule has 1 fully saturated rings. The van der Waals surface area contributed by atoms with E-state index in [1.165, 1.54) is 12.1 Å². The van der Waals surface area contributed by atoms with E-state index in [2.05, 4.69) is 5.32 Å². The van der Waals surface area contributed by atoms with Crippen LogP contribution in [0.4, 0.5) is 4.39 Å². The van der Waals surface area contributed by atoms with E-state index in [9.17, 15) is 9.18 Å². The molecule has 0 radical (unpaired) electrons. The second-order valence-electron chi connectivity index (χ2n) is 6.72. The van der Waals surface area contributed by atoms with Crippen molar-refractivity contribution in [2.75, 3.05) is 13.2 Å². The highest BCUT2D eigenvalue weighted by Crippen LogP contribution is 2.41. The minimum Gasteiger partial charge on any atom is -0.492 e. The topological polar surface area (TPSA) is 38.3 Å². The van der Waals surface area contributed by atoms with Crippen LogP contribution in [0.3, 0.4) is 0 Å². The number of carbonyl (C=O) groups is 1. The highest BCUT2D eigenvalue weighted by Gasteiger charge is 2.42. The second-order valence-corrected chi connectivity index (χ2v) is 6.72. The number of nitrogens with one attached hydrogen (secondary N) is 1. The minimum atomic E-state index is -0.531. The molecule has 25 heavy (non-hydrogen) atoms. The maximum atomic E-state index is 13.2. The molecule has 2 aromatic rings. The Balaban J connectivity index is 1.59. The van der Waals surface area contributed by atoms with Crippen molar-refractivity contribution in [3.05, 3.63) is 65.5 Å². The van der Waals surface area contributed by atoms with E-state index < -0.39 is 5.41 Å². The van der Waals surface area contributed by atoms with Crippen LogP contribution in [0, 0.1) is 12.7 Å². The fourth-order valence-corrected chi connectivity index (χ4v) is 3.60. The van der Waals surface area contributed by atoms with Crippen LogP contribution in [0.15, 0.2) is 48.5 Å². The van der Waals surface area contributed by atoms with Gasteiger partial charge in [0.15, 0.2) is 0 Å². The predicted octanol–water partition coefficient (Wildman–Crippen LogP) is 4.14. The molecule has 0 aromatic heterocycles. The Hall–Kier alpha value is -2.36. The zero-order valence-corrected chi connectivity index (χ0v) is 14.6. The number of amides is 1. The zero-order chi connectivity index (χ0) is 17.7. The van der Waals surface area contributed by atoms with Crippen LogP contribution >= 0.6 is 0 Å². The summed E-state index contributed by atoms with van der Waals surface area (Å²) in [5, 5.41) is 3.01. The van der Waals surface area contributed by atoms with Gasteiger partial charge in [0.25, 0.3) is 0 Å². The molecule has 1 N–H and O–H groups in total. The van der Waals surface area contributed by atoms with Crippen molar-refractivity contribution >= 4 is 5.91 Å². The van der Waals surface area contributed by atoms with Gasteiger partial charge in [-0.15, -0.1) is 0 Å². The van der Waals surface area contributed by atoms with Gasteiger partial charge in [-0.3, -0.25) is 4.79 Å². The number of aryl methyl sites for hydroxylation is 1. The Morgan fingerprint density at radius 1 is 1.16 bits per heavy atom. The highest BCUT2D eigenvalue weighted by molar-refractivity contribution is 5.88. The largest absolute Gasteiger partial charge is 0.492 e. The Kier molecular flexibility index (Phi) is 5.37. The lowest BCUT2D eigenvalue weighted by molar-refractivity contribution is -0.126. The molecule has 0 aliphatic heterocycles. The minimum absolute atomic E-state index is 0.0180. The summed E-state index contributed by atoms with van der Waals surface area (Å²) in [7, 11) is 0. The molecule has 0 unspecified atom stereocenters. The van der Waals surface area contributed by atoms with Crippen LogP contribution in [0.5, 0.6) is 5.75 Å². The van der Waals surface area contributed by atoms with E-state index in [1.54, 1.807) is 12.1 Å². The summed E-state index contributed by atoms with van der Waals surface area (Å²) in [5.41, 5.74) is 1.52. The van der Waals surface area contributed by atoms with Gasteiger partial charge in [-0.05, 0) is 55.2 Å². The summed E-state index contributed by atoms with van der Waals surface area (Å²) in [6.45, 7) is 2.89. The number of benzene rings is 2. The van der Waals surface area contributed by atoms with Crippen LogP contribution in [-0.4, -0.2) is 19.1 Å². The van der Waals surface area contributed by atoms with E-state index in [-0.39, 0.29) is 11.7 Å². The lowest BCUT2D eigenvalue weighted by Crippen LogP contribution is -2.44. The second kappa shape index (κ2) is 7.68. The Bertz CT molecular complexity index is 721. The molecule has 4 heteroatoms. The van der Waals surface area contributed by atoms with Gasteiger partial charge in [0, 0.05) is 0 Å². The third-order valence-electron chi connectivity index (χ3n) is 4.93. The summed E-state index contributed by atoms with van der Waals surface area (Å²) < 4.78 is 18.9. The Labute approximate surface area is 148 Å². The molecule has 0 heterocycles. The normalized spacial score (nSPS) is 15.8. The van der Waals surface area contributed by atoms with Gasteiger partial charge in [-0.2, -0.15) is 0 Å². The maximum absolute atomic E-state index is 13.2. The predicted molar refractivity (Wildman–Crippen MR) is 96.2 cm³/mol. The average Bonchev–Trinajstić information content (AvgIpc) is 3.10. The number of hydrogen-bond donors (Lipinski definition) is 1. The number of carbonyl (C=O) groups excluding carboxylic acids is 1. The van der Waals surface area contributed by atoms with Gasteiger partial charge in [-0.1, -0.05) is 37.1 Å². The number of ether oxygens (including phenoxy) is 1. The van der Waals surface area contributed by atoms with Crippen LogP contribution < -0.4 is 10.1 Å². The monoisotopic (exact) mass is 341 g/mol.